The van der Waals surface area contributed by atoms with E-state index in [1.165, 1.54) is 22.2 Å². The van der Waals surface area contributed by atoms with Crippen molar-refractivity contribution in [2.75, 3.05) is 6.61 Å². The number of carbonyl (C=O) groups is 1. The third-order valence-corrected chi connectivity index (χ3v) is 8.60. The van der Waals surface area contributed by atoms with Crippen LogP contribution in [0.5, 0.6) is 0 Å². The molecule has 0 bridgehead atoms. The molecule has 2 aromatic rings. The molecule has 0 aromatic carbocycles. The molecule has 0 spiro atoms. The van der Waals surface area contributed by atoms with E-state index in [0.717, 1.165) is 61.8 Å². The molecule has 3 aliphatic rings. The lowest BCUT2D eigenvalue weighted by molar-refractivity contribution is -0.120. The summed E-state index contributed by atoms with van der Waals surface area (Å²) in [5.41, 5.74) is 1.25. The third kappa shape index (κ3) is 4.06. The molecule has 1 aliphatic heterocycles. The van der Waals surface area contributed by atoms with Gasteiger partial charge in [-0.15, -0.1) is 11.3 Å². The molecule has 6 nitrogen and oxygen atoms in total. The molecule has 1 N–H and O–H groups in total. The number of hydrogen-bond donors (Lipinski definition) is 1. The SMILES string of the molecule is CC1CCc2c(sc3nc(SC(C)C(=O)NC4CC4)n(CC4CCCO4)c(=O)c23)C1. The van der Waals surface area contributed by atoms with Crippen LogP contribution >= 0.6 is 23.1 Å². The number of amides is 1. The molecular formula is C22H29N3O3S2. The van der Waals surface area contributed by atoms with Gasteiger partial charge in [0.2, 0.25) is 5.91 Å². The summed E-state index contributed by atoms with van der Waals surface area (Å²) in [7, 11) is 0. The minimum atomic E-state index is -0.291. The maximum atomic E-state index is 13.7. The van der Waals surface area contributed by atoms with Crippen molar-refractivity contribution in [1.82, 2.24) is 14.9 Å². The van der Waals surface area contributed by atoms with E-state index in [-0.39, 0.29) is 22.8 Å². The molecular weight excluding hydrogens is 418 g/mol. The van der Waals surface area contributed by atoms with Gasteiger partial charge < -0.3 is 10.1 Å². The van der Waals surface area contributed by atoms with E-state index in [1.54, 1.807) is 15.9 Å². The van der Waals surface area contributed by atoms with Crippen LogP contribution in [0.15, 0.2) is 9.95 Å². The highest BCUT2D eigenvalue weighted by molar-refractivity contribution is 8.00. The minimum Gasteiger partial charge on any atom is -0.376 e. The molecule has 8 heteroatoms. The zero-order valence-corrected chi connectivity index (χ0v) is 19.2. The normalized spacial score (nSPS) is 24.7. The highest BCUT2D eigenvalue weighted by atomic mass is 32.2. The zero-order chi connectivity index (χ0) is 20.8. The Kier molecular flexibility index (Phi) is 5.66. The summed E-state index contributed by atoms with van der Waals surface area (Å²) < 4.78 is 7.61. The van der Waals surface area contributed by atoms with E-state index in [0.29, 0.717) is 23.7 Å². The number of rotatable bonds is 6. The van der Waals surface area contributed by atoms with Crippen molar-refractivity contribution in [3.05, 3.63) is 20.8 Å². The molecule has 30 heavy (non-hydrogen) atoms. The summed E-state index contributed by atoms with van der Waals surface area (Å²) in [6.45, 7) is 5.44. The number of nitrogens with one attached hydrogen (secondary N) is 1. The van der Waals surface area contributed by atoms with Crippen LogP contribution in [0.4, 0.5) is 0 Å². The van der Waals surface area contributed by atoms with Gasteiger partial charge in [0.1, 0.15) is 4.83 Å². The number of thioether (sulfide) groups is 1. The predicted octanol–water partition coefficient (Wildman–Crippen LogP) is 3.52. The van der Waals surface area contributed by atoms with Gasteiger partial charge in [0.25, 0.3) is 5.56 Å². The third-order valence-electron chi connectivity index (χ3n) is 6.37. The first kappa shape index (κ1) is 20.5. The summed E-state index contributed by atoms with van der Waals surface area (Å²) in [6, 6.07) is 0.330. The van der Waals surface area contributed by atoms with E-state index < -0.39 is 0 Å². The van der Waals surface area contributed by atoms with Gasteiger partial charge in [0, 0.05) is 17.5 Å². The van der Waals surface area contributed by atoms with Gasteiger partial charge in [-0.3, -0.25) is 14.2 Å². The van der Waals surface area contributed by atoms with Crippen LogP contribution in [0.25, 0.3) is 10.2 Å². The van der Waals surface area contributed by atoms with Crippen LogP contribution in [0, 0.1) is 5.92 Å². The smallest absolute Gasteiger partial charge is 0.263 e. The van der Waals surface area contributed by atoms with Gasteiger partial charge in [-0.2, -0.15) is 0 Å². The summed E-state index contributed by atoms with van der Waals surface area (Å²) in [6.07, 6.45) is 7.29. The maximum Gasteiger partial charge on any atom is 0.263 e. The zero-order valence-electron chi connectivity index (χ0n) is 17.6. The molecule has 5 rings (SSSR count). The molecule has 162 valence electrons. The molecule has 2 fully saturated rings. The Morgan fingerprint density at radius 3 is 2.93 bits per heavy atom. The van der Waals surface area contributed by atoms with Crippen LogP contribution in [0.1, 0.15) is 56.4 Å². The quantitative estimate of drug-likeness (QED) is 0.542. The van der Waals surface area contributed by atoms with Crippen molar-refractivity contribution >= 4 is 39.2 Å². The van der Waals surface area contributed by atoms with Crippen molar-refractivity contribution in [2.24, 2.45) is 5.92 Å². The summed E-state index contributed by atoms with van der Waals surface area (Å²) in [5, 5.41) is 4.23. The number of carbonyl (C=O) groups excluding carboxylic acids is 1. The second-order valence-corrected chi connectivity index (χ2v) is 11.4. The molecule has 3 heterocycles. The Hall–Kier alpha value is -1.38. The topological polar surface area (TPSA) is 73.2 Å². The fourth-order valence-corrected chi connectivity index (χ4v) is 6.76. The van der Waals surface area contributed by atoms with Gasteiger partial charge in [0.05, 0.1) is 23.3 Å². The number of fused-ring (bicyclic) bond motifs is 3. The van der Waals surface area contributed by atoms with Crippen molar-refractivity contribution in [2.45, 2.75) is 87.9 Å². The van der Waals surface area contributed by atoms with Gasteiger partial charge in [-0.05, 0) is 63.4 Å². The number of aromatic nitrogens is 2. The molecule has 2 aliphatic carbocycles. The molecule has 3 unspecified atom stereocenters. The van der Waals surface area contributed by atoms with Gasteiger partial charge in [-0.25, -0.2) is 4.98 Å². The van der Waals surface area contributed by atoms with E-state index in [9.17, 15) is 9.59 Å². The lowest BCUT2D eigenvalue weighted by Gasteiger charge is -2.19. The van der Waals surface area contributed by atoms with Crippen LogP contribution in [-0.4, -0.2) is 39.5 Å². The summed E-state index contributed by atoms with van der Waals surface area (Å²) in [5.74, 6) is 0.680. The molecule has 3 atom stereocenters. The summed E-state index contributed by atoms with van der Waals surface area (Å²) >= 11 is 3.07. The number of hydrogen-bond acceptors (Lipinski definition) is 6. The van der Waals surface area contributed by atoms with E-state index >= 15 is 0 Å². The second kappa shape index (κ2) is 8.28. The van der Waals surface area contributed by atoms with E-state index in [2.05, 4.69) is 12.2 Å². The Labute approximate surface area is 184 Å². The summed E-state index contributed by atoms with van der Waals surface area (Å²) in [4.78, 5) is 33.3. The molecule has 0 radical (unpaired) electrons. The van der Waals surface area contributed by atoms with Crippen molar-refractivity contribution in [1.29, 1.82) is 0 Å². The molecule has 1 saturated carbocycles. The highest BCUT2D eigenvalue weighted by Gasteiger charge is 2.29. The first-order chi connectivity index (χ1) is 14.5. The number of aryl methyl sites for hydroxylation is 1. The fraction of sp³-hybridized carbons (Fsp3) is 0.682. The minimum absolute atomic E-state index is 0.0276. The average Bonchev–Trinajstić information content (AvgIpc) is 3.23. The average molecular weight is 448 g/mol. The number of nitrogens with zero attached hydrogens (tertiary/aromatic N) is 2. The Morgan fingerprint density at radius 2 is 2.20 bits per heavy atom. The van der Waals surface area contributed by atoms with E-state index in [1.807, 2.05) is 6.92 Å². The van der Waals surface area contributed by atoms with Crippen molar-refractivity contribution in [3.8, 4) is 0 Å². The van der Waals surface area contributed by atoms with Gasteiger partial charge in [-0.1, -0.05) is 18.7 Å². The standard InChI is InChI=1S/C22H29N3O3S2/c1-12-5-8-16-17(10-12)30-20-18(16)21(27)25(11-15-4-3-9-28-15)22(24-20)29-13(2)19(26)23-14-6-7-14/h12-15H,3-11H2,1-2H3,(H,23,26). The van der Waals surface area contributed by atoms with Crippen molar-refractivity contribution in [3.63, 3.8) is 0 Å². The maximum absolute atomic E-state index is 13.7. The highest BCUT2D eigenvalue weighted by Crippen LogP contribution is 2.37. The first-order valence-electron chi connectivity index (χ1n) is 11.1. The largest absolute Gasteiger partial charge is 0.376 e. The van der Waals surface area contributed by atoms with Crippen LogP contribution < -0.4 is 10.9 Å². The van der Waals surface area contributed by atoms with Crippen molar-refractivity contribution < 1.29 is 9.53 Å². The Morgan fingerprint density at radius 1 is 1.37 bits per heavy atom. The lowest BCUT2D eigenvalue weighted by Crippen LogP contribution is -2.34. The predicted molar refractivity (Wildman–Crippen MR) is 121 cm³/mol. The van der Waals surface area contributed by atoms with Crippen LogP contribution in [0.3, 0.4) is 0 Å². The number of ether oxygens (including phenoxy) is 1. The molecule has 1 amide bonds. The molecule has 2 aromatic heterocycles. The van der Waals surface area contributed by atoms with Gasteiger partial charge >= 0.3 is 0 Å². The second-order valence-electron chi connectivity index (χ2n) is 9.02. The van der Waals surface area contributed by atoms with Crippen LogP contribution in [-0.2, 0) is 28.9 Å². The van der Waals surface area contributed by atoms with E-state index in [4.69, 9.17) is 9.72 Å². The molecule has 1 saturated heterocycles. The first-order valence-corrected chi connectivity index (χ1v) is 12.8. The van der Waals surface area contributed by atoms with Crippen LogP contribution in [0.2, 0.25) is 0 Å². The number of thiophene rings is 1. The lowest BCUT2D eigenvalue weighted by atomic mass is 9.89. The Bertz CT molecular complexity index is 1020. The van der Waals surface area contributed by atoms with Gasteiger partial charge in [0.15, 0.2) is 5.16 Å². The monoisotopic (exact) mass is 447 g/mol. The fourth-order valence-electron chi connectivity index (χ4n) is 4.41. The Balaban J connectivity index is 1.53.